The van der Waals surface area contributed by atoms with E-state index >= 15 is 0 Å². The summed E-state index contributed by atoms with van der Waals surface area (Å²) in [6.07, 6.45) is 0. The van der Waals surface area contributed by atoms with E-state index in [0.717, 1.165) is 11.4 Å². The van der Waals surface area contributed by atoms with Crippen LogP contribution in [0.25, 0.3) is 0 Å². The summed E-state index contributed by atoms with van der Waals surface area (Å²) in [5, 5.41) is 4.12. The molecule has 0 radical (unpaired) electrons. The lowest BCUT2D eigenvalue weighted by Gasteiger charge is -2.04. The van der Waals surface area contributed by atoms with Gasteiger partial charge in [-0.25, -0.2) is 0 Å². The first-order chi connectivity index (χ1) is 6.24. The molecule has 1 aromatic rings. The van der Waals surface area contributed by atoms with Crippen molar-refractivity contribution >= 4 is 11.4 Å². The number of hydrazone groups is 1. The lowest BCUT2D eigenvalue weighted by atomic mass is 10.2. The van der Waals surface area contributed by atoms with Crippen molar-refractivity contribution < 1.29 is 0 Å². The van der Waals surface area contributed by atoms with Gasteiger partial charge in [0.05, 0.1) is 5.69 Å². The van der Waals surface area contributed by atoms with E-state index in [9.17, 15) is 0 Å². The smallest absolute Gasteiger partial charge is 0.0590 e. The molecule has 0 saturated heterocycles. The highest BCUT2D eigenvalue weighted by atomic mass is 15.3. The number of nitrogens with one attached hydrogen (secondary N) is 1. The number of aryl methyl sites for hydroxylation is 1. The molecule has 13 heavy (non-hydrogen) atoms. The molecule has 1 rings (SSSR count). The first-order valence-corrected chi connectivity index (χ1v) is 4.29. The minimum atomic E-state index is 0.485. The normalized spacial score (nSPS) is 11.5. The summed E-state index contributed by atoms with van der Waals surface area (Å²) in [6, 6.07) is 8.00. The molecule has 0 aromatic heterocycles. The van der Waals surface area contributed by atoms with E-state index in [1.165, 1.54) is 5.56 Å². The Bertz CT molecular complexity index is 305. The average molecular weight is 177 g/mol. The molecule has 0 heterocycles. The monoisotopic (exact) mass is 177 g/mol. The van der Waals surface area contributed by atoms with E-state index in [1.54, 1.807) is 0 Å². The van der Waals surface area contributed by atoms with Crippen LogP contribution in [0.4, 0.5) is 5.69 Å². The van der Waals surface area contributed by atoms with E-state index in [2.05, 4.69) is 10.5 Å². The molecule has 0 spiro atoms. The summed E-state index contributed by atoms with van der Waals surface area (Å²) < 4.78 is 0. The van der Waals surface area contributed by atoms with Crippen LogP contribution in [0.1, 0.15) is 12.5 Å². The van der Waals surface area contributed by atoms with Crippen LogP contribution in [0.3, 0.4) is 0 Å². The molecule has 1 aromatic carbocycles. The Hall–Kier alpha value is -1.35. The van der Waals surface area contributed by atoms with Gasteiger partial charge in [-0.3, -0.25) is 5.43 Å². The van der Waals surface area contributed by atoms with Gasteiger partial charge in [0.1, 0.15) is 0 Å². The Morgan fingerprint density at radius 1 is 1.46 bits per heavy atom. The van der Waals surface area contributed by atoms with E-state index in [4.69, 9.17) is 5.73 Å². The van der Waals surface area contributed by atoms with Gasteiger partial charge in [0.15, 0.2) is 0 Å². The van der Waals surface area contributed by atoms with E-state index in [0.29, 0.717) is 6.54 Å². The topological polar surface area (TPSA) is 50.4 Å². The second kappa shape index (κ2) is 4.62. The Kier molecular flexibility index (Phi) is 3.46. The second-order valence-electron chi connectivity index (χ2n) is 2.98. The van der Waals surface area contributed by atoms with Crippen molar-refractivity contribution in [3.05, 3.63) is 29.8 Å². The van der Waals surface area contributed by atoms with Gasteiger partial charge in [-0.2, -0.15) is 5.10 Å². The summed E-state index contributed by atoms with van der Waals surface area (Å²) in [4.78, 5) is 0. The number of rotatable bonds is 3. The van der Waals surface area contributed by atoms with Crippen molar-refractivity contribution in [1.82, 2.24) is 0 Å². The van der Waals surface area contributed by atoms with Crippen molar-refractivity contribution in [3.63, 3.8) is 0 Å². The third-order valence-electron chi connectivity index (χ3n) is 1.81. The van der Waals surface area contributed by atoms with Gasteiger partial charge in [-0.15, -0.1) is 0 Å². The predicted octanol–water partition coefficient (Wildman–Crippen LogP) is 1.74. The zero-order valence-electron chi connectivity index (χ0n) is 8.04. The minimum absolute atomic E-state index is 0.485. The molecule has 3 nitrogen and oxygen atoms in total. The zero-order chi connectivity index (χ0) is 9.68. The van der Waals surface area contributed by atoms with Crippen molar-refractivity contribution in [3.8, 4) is 0 Å². The van der Waals surface area contributed by atoms with Gasteiger partial charge in [0.2, 0.25) is 0 Å². The number of benzene rings is 1. The predicted molar refractivity (Wildman–Crippen MR) is 57.0 cm³/mol. The Balaban J connectivity index is 2.70. The molecule has 0 aliphatic rings. The van der Waals surface area contributed by atoms with Gasteiger partial charge in [-0.1, -0.05) is 18.2 Å². The van der Waals surface area contributed by atoms with Crippen molar-refractivity contribution in [2.75, 3.05) is 12.0 Å². The molecular formula is C10H15N3. The van der Waals surface area contributed by atoms with E-state index in [1.807, 2.05) is 38.1 Å². The fourth-order valence-corrected chi connectivity index (χ4v) is 0.900. The SMILES string of the molecule is CC(CN)=NNc1ccccc1C. The fraction of sp³-hybridized carbons (Fsp3) is 0.300. The molecule has 0 atom stereocenters. The van der Waals surface area contributed by atoms with Crippen LogP contribution < -0.4 is 11.2 Å². The molecule has 70 valence electrons. The fourth-order valence-electron chi connectivity index (χ4n) is 0.900. The third kappa shape index (κ3) is 2.87. The first-order valence-electron chi connectivity index (χ1n) is 4.29. The molecule has 3 N–H and O–H groups in total. The highest BCUT2D eigenvalue weighted by molar-refractivity contribution is 5.84. The van der Waals surface area contributed by atoms with Crippen LogP contribution >= 0.6 is 0 Å². The molecular weight excluding hydrogens is 162 g/mol. The maximum absolute atomic E-state index is 5.40. The molecule has 0 bridgehead atoms. The summed E-state index contributed by atoms with van der Waals surface area (Å²) in [7, 11) is 0. The molecule has 0 aliphatic carbocycles. The lowest BCUT2D eigenvalue weighted by Crippen LogP contribution is -2.11. The Morgan fingerprint density at radius 3 is 2.77 bits per heavy atom. The summed E-state index contributed by atoms with van der Waals surface area (Å²) >= 11 is 0. The van der Waals surface area contributed by atoms with Crippen molar-refractivity contribution in [2.45, 2.75) is 13.8 Å². The van der Waals surface area contributed by atoms with Crippen molar-refractivity contribution in [2.24, 2.45) is 10.8 Å². The van der Waals surface area contributed by atoms with Crippen LogP contribution in [0.2, 0.25) is 0 Å². The van der Waals surface area contributed by atoms with Crippen LogP contribution in [0.15, 0.2) is 29.4 Å². The molecule has 0 aliphatic heterocycles. The average Bonchev–Trinajstić information content (AvgIpc) is 2.16. The van der Waals surface area contributed by atoms with E-state index < -0.39 is 0 Å². The summed E-state index contributed by atoms with van der Waals surface area (Å²) in [5.74, 6) is 0. The quantitative estimate of drug-likeness (QED) is 0.546. The maximum Gasteiger partial charge on any atom is 0.0590 e. The van der Waals surface area contributed by atoms with Gasteiger partial charge < -0.3 is 5.73 Å². The van der Waals surface area contributed by atoms with Gasteiger partial charge >= 0.3 is 0 Å². The number of hydrogen-bond donors (Lipinski definition) is 2. The number of nitrogens with zero attached hydrogens (tertiary/aromatic N) is 1. The second-order valence-corrected chi connectivity index (χ2v) is 2.98. The van der Waals surface area contributed by atoms with Crippen LogP contribution in [0, 0.1) is 6.92 Å². The van der Waals surface area contributed by atoms with E-state index in [-0.39, 0.29) is 0 Å². The summed E-state index contributed by atoms with van der Waals surface area (Å²) in [5.41, 5.74) is 11.5. The molecule has 3 heteroatoms. The molecule has 0 fully saturated rings. The number of para-hydroxylation sites is 1. The lowest BCUT2D eigenvalue weighted by molar-refractivity contribution is 1.22. The Labute approximate surface area is 78.6 Å². The molecule has 0 unspecified atom stereocenters. The number of hydrogen-bond acceptors (Lipinski definition) is 3. The van der Waals surface area contributed by atoms with Crippen LogP contribution in [-0.2, 0) is 0 Å². The number of nitrogens with two attached hydrogens (primary N) is 1. The Morgan fingerprint density at radius 2 is 2.15 bits per heavy atom. The molecule has 0 amide bonds. The van der Waals surface area contributed by atoms with Crippen LogP contribution in [0.5, 0.6) is 0 Å². The van der Waals surface area contributed by atoms with Crippen LogP contribution in [-0.4, -0.2) is 12.3 Å². The van der Waals surface area contributed by atoms with Gasteiger partial charge in [0.25, 0.3) is 0 Å². The first kappa shape index (κ1) is 9.74. The standard InChI is InChI=1S/C10H15N3/c1-8-5-3-4-6-10(8)13-12-9(2)7-11/h3-6,13H,7,11H2,1-2H3. The third-order valence-corrected chi connectivity index (χ3v) is 1.81. The maximum atomic E-state index is 5.40. The molecule has 0 saturated carbocycles. The zero-order valence-corrected chi connectivity index (χ0v) is 8.04. The highest BCUT2D eigenvalue weighted by Gasteiger charge is 1.93. The largest absolute Gasteiger partial charge is 0.325 e. The number of anilines is 1. The summed E-state index contributed by atoms with van der Waals surface area (Å²) in [6.45, 7) is 4.42. The minimum Gasteiger partial charge on any atom is -0.325 e. The van der Waals surface area contributed by atoms with Gasteiger partial charge in [0, 0.05) is 12.3 Å². The highest BCUT2D eigenvalue weighted by Crippen LogP contribution is 2.12. The van der Waals surface area contributed by atoms with Crippen molar-refractivity contribution in [1.29, 1.82) is 0 Å². The van der Waals surface area contributed by atoms with Gasteiger partial charge in [-0.05, 0) is 25.5 Å².